The molecule has 4 nitrogen and oxygen atoms in total. The molecule has 1 aromatic rings. The smallest absolute Gasteiger partial charge is 0.308 e. The van der Waals surface area contributed by atoms with Crippen molar-refractivity contribution in [3.63, 3.8) is 0 Å². The van der Waals surface area contributed by atoms with Crippen LogP contribution in [-0.4, -0.2) is 29.4 Å². The first-order valence-corrected chi connectivity index (χ1v) is 6.00. The standard InChI is InChI=1S/C11H12BrClO4/c1-17-10(15)5-9(14)11(16)6-2-7(12)4-8(13)3-6/h2-4,9,11,14,16H,5H2,1H3. The van der Waals surface area contributed by atoms with E-state index in [-0.39, 0.29) is 6.42 Å². The van der Waals surface area contributed by atoms with Crippen LogP contribution in [0.3, 0.4) is 0 Å². The van der Waals surface area contributed by atoms with Gasteiger partial charge in [-0.25, -0.2) is 0 Å². The maximum absolute atomic E-state index is 11.0. The maximum Gasteiger partial charge on any atom is 0.308 e. The Morgan fingerprint density at radius 1 is 1.47 bits per heavy atom. The van der Waals surface area contributed by atoms with Gasteiger partial charge in [0.05, 0.1) is 19.6 Å². The topological polar surface area (TPSA) is 66.8 Å². The van der Waals surface area contributed by atoms with E-state index < -0.39 is 18.2 Å². The monoisotopic (exact) mass is 322 g/mol. The lowest BCUT2D eigenvalue weighted by Crippen LogP contribution is -2.22. The molecule has 0 radical (unpaired) electrons. The number of halogens is 2. The van der Waals surface area contributed by atoms with Crippen molar-refractivity contribution in [1.29, 1.82) is 0 Å². The molecule has 2 N–H and O–H groups in total. The fourth-order valence-electron chi connectivity index (χ4n) is 1.33. The van der Waals surface area contributed by atoms with E-state index in [0.29, 0.717) is 15.1 Å². The lowest BCUT2D eigenvalue weighted by molar-refractivity contribution is -0.144. The van der Waals surface area contributed by atoms with Crippen molar-refractivity contribution in [2.75, 3.05) is 7.11 Å². The second-order valence-electron chi connectivity index (χ2n) is 3.50. The molecule has 0 spiro atoms. The Bertz CT molecular complexity index is 390. The summed E-state index contributed by atoms with van der Waals surface area (Å²) in [6.45, 7) is 0. The zero-order chi connectivity index (χ0) is 13.0. The van der Waals surface area contributed by atoms with Gasteiger partial charge in [-0.1, -0.05) is 27.5 Å². The number of rotatable bonds is 4. The molecule has 0 saturated heterocycles. The SMILES string of the molecule is COC(=O)CC(O)C(O)c1cc(Cl)cc(Br)c1. The summed E-state index contributed by atoms with van der Waals surface area (Å²) in [5, 5.41) is 19.9. The second kappa shape index (κ2) is 6.35. The fraction of sp³-hybridized carbons (Fsp3) is 0.364. The van der Waals surface area contributed by atoms with Crippen molar-refractivity contribution in [3.8, 4) is 0 Å². The van der Waals surface area contributed by atoms with Crippen LogP contribution >= 0.6 is 27.5 Å². The molecule has 0 amide bonds. The summed E-state index contributed by atoms with van der Waals surface area (Å²) >= 11 is 9.04. The molecule has 1 rings (SSSR count). The Kier molecular flexibility index (Phi) is 5.39. The normalized spacial score (nSPS) is 14.2. The van der Waals surface area contributed by atoms with E-state index in [1.165, 1.54) is 13.2 Å². The summed E-state index contributed by atoms with van der Waals surface area (Å²) in [6, 6.07) is 4.80. The zero-order valence-electron chi connectivity index (χ0n) is 9.06. The molecular formula is C11H12BrClO4. The number of esters is 1. The summed E-state index contributed by atoms with van der Waals surface area (Å²) in [6.07, 6.45) is -2.70. The fourth-order valence-corrected chi connectivity index (χ4v) is 2.22. The first-order valence-electron chi connectivity index (χ1n) is 4.83. The van der Waals surface area contributed by atoms with E-state index in [1.54, 1.807) is 12.1 Å². The molecule has 2 unspecified atom stereocenters. The van der Waals surface area contributed by atoms with Gasteiger partial charge in [0.15, 0.2) is 0 Å². The van der Waals surface area contributed by atoms with E-state index in [1.807, 2.05) is 0 Å². The zero-order valence-corrected chi connectivity index (χ0v) is 11.4. The minimum Gasteiger partial charge on any atom is -0.469 e. The number of carbonyl (C=O) groups is 1. The van der Waals surface area contributed by atoms with Crippen LogP contribution in [0.4, 0.5) is 0 Å². The van der Waals surface area contributed by atoms with Crippen LogP contribution < -0.4 is 0 Å². The highest BCUT2D eigenvalue weighted by Gasteiger charge is 2.22. The Balaban J connectivity index is 2.80. The van der Waals surface area contributed by atoms with Gasteiger partial charge >= 0.3 is 5.97 Å². The van der Waals surface area contributed by atoms with Gasteiger partial charge in [0.1, 0.15) is 6.10 Å². The molecule has 0 fully saturated rings. The third kappa shape index (κ3) is 4.27. The van der Waals surface area contributed by atoms with Crippen molar-refractivity contribution < 1.29 is 19.7 Å². The van der Waals surface area contributed by atoms with Crippen molar-refractivity contribution in [2.45, 2.75) is 18.6 Å². The van der Waals surface area contributed by atoms with Crippen LogP contribution in [0.5, 0.6) is 0 Å². The van der Waals surface area contributed by atoms with Crippen molar-refractivity contribution in [1.82, 2.24) is 0 Å². The number of carbonyl (C=O) groups excluding carboxylic acids is 1. The van der Waals surface area contributed by atoms with E-state index in [9.17, 15) is 15.0 Å². The van der Waals surface area contributed by atoms with Crippen molar-refractivity contribution in [2.24, 2.45) is 0 Å². The van der Waals surface area contributed by atoms with Crippen LogP contribution in [0, 0.1) is 0 Å². The third-order valence-electron chi connectivity index (χ3n) is 2.19. The van der Waals surface area contributed by atoms with E-state index in [0.717, 1.165) is 0 Å². The quantitative estimate of drug-likeness (QED) is 0.832. The molecular weight excluding hydrogens is 311 g/mol. The van der Waals surface area contributed by atoms with Crippen molar-refractivity contribution >= 4 is 33.5 Å². The predicted molar refractivity (Wildman–Crippen MR) is 66.8 cm³/mol. The van der Waals surface area contributed by atoms with Crippen LogP contribution in [0.1, 0.15) is 18.1 Å². The molecule has 0 aromatic heterocycles. The number of aliphatic hydroxyl groups excluding tert-OH is 2. The number of hydrogen-bond acceptors (Lipinski definition) is 4. The average Bonchev–Trinajstić information content (AvgIpc) is 2.26. The molecule has 0 aliphatic carbocycles. The van der Waals surface area contributed by atoms with Gasteiger partial charge < -0.3 is 14.9 Å². The van der Waals surface area contributed by atoms with Crippen molar-refractivity contribution in [3.05, 3.63) is 33.3 Å². The molecule has 0 aliphatic heterocycles. The van der Waals surface area contributed by atoms with Crippen LogP contribution in [0.25, 0.3) is 0 Å². The Labute approximate surface area is 112 Å². The predicted octanol–water partition coefficient (Wildman–Crippen LogP) is 2.06. The van der Waals surface area contributed by atoms with Gasteiger partial charge in [-0.15, -0.1) is 0 Å². The molecule has 0 saturated carbocycles. The van der Waals surface area contributed by atoms with Gasteiger partial charge in [0.2, 0.25) is 0 Å². The number of hydrogen-bond donors (Lipinski definition) is 2. The second-order valence-corrected chi connectivity index (χ2v) is 4.85. The maximum atomic E-state index is 11.0. The van der Waals surface area contributed by atoms with Crippen LogP contribution in [0.15, 0.2) is 22.7 Å². The van der Waals surface area contributed by atoms with Gasteiger partial charge in [-0.2, -0.15) is 0 Å². The Morgan fingerprint density at radius 3 is 2.65 bits per heavy atom. The summed E-state index contributed by atoms with van der Waals surface area (Å²) in [4.78, 5) is 11.0. The van der Waals surface area contributed by atoms with Gasteiger partial charge in [-0.05, 0) is 23.8 Å². The van der Waals surface area contributed by atoms with E-state index >= 15 is 0 Å². The lowest BCUT2D eigenvalue weighted by atomic mass is 10.0. The highest BCUT2D eigenvalue weighted by atomic mass is 79.9. The third-order valence-corrected chi connectivity index (χ3v) is 2.87. The van der Waals surface area contributed by atoms with E-state index in [2.05, 4.69) is 20.7 Å². The molecule has 1 aromatic carbocycles. The number of benzene rings is 1. The molecule has 2 atom stereocenters. The summed E-state index contributed by atoms with van der Waals surface area (Å²) in [5.74, 6) is -0.586. The summed E-state index contributed by atoms with van der Waals surface area (Å²) in [5.41, 5.74) is 0.431. The Hall–Kier alpha value is -0.620. The molecule has 94 valence electrons. The minimum absolute atomic E-state index is 0.276. The molecule has 17 heavy (non-hydrogen) atoms. The van der Waals surface area contributed by atoms with E-state index in [4.69, 9.17) is 11.6 Å². The lowest BCUT2D eigenvalue weighted by Gasteiger charge is -2.17. The van der Waals surface area contributed by atoms with Gasteiger partial charge in [0.25, 0.3) is 0 Å². The highest BCUT2D eigenvalue weighted by molar-refractivity contribution is 9.10. The minimum atomic E-state index is -1.23. The average molecular weight is 324 g/mol. The summed E-state index contributed by atoms with van der Waals surface area (Å²) < 4.78 is 5.09. The molecule has 6 heteroatoms. The molecule has 0 bridgehead atoms. The van der Waals surface area contributed by atoms with Gasteiger partial charge in [0, 0.05) is 9.50 Å². The molecule has 0 heterocycles. The largest absolute Gasteiger partial charge is 0.469 e. The molecule has 0 aliphatic rings. The highest BCUT2D eigenvalue weighted by Crippen LogP contribution is 2.26. The first-order chi connectivity index (χ1) is 7.93. The number of aliphatic hydroxyl groups is 2. The van der Waals surface area contributed by atoms with Crippen LogP contribution in [0.2, 0.25) is 5.02 Å². The summed E-state index contributed by atoms with van der Waals surface area (Å²) in [7, 11) is 1.22. The number of methoxy groups -OCH3 is 1. The van der Waals surface area contributed by atoms with Gasteiger partial charge in [-0.3, -0.25) is 4.79 Å². The first kappa shape index (κ1) is 14.4. The van der Waals surface area contributed by atoms with Crippen LogP contribution in [-0.2, 0) is 9.53 Å². The number of ether oxygens (including phenoxy) is 1. The Morgan fingerprint density at radius 2 is 2.12 bits per heavy atom.